The molecule has 0 bridgehead atoms. The highest BCUT2D eigenvalue weighted by atomic mass is 16.5. The summed E-state index contributed by atoms with van der Waals surface area (Å²) in [6.07, 6.45) is 0. The van der Waals surface area contributed by atoms with Crippen LogP contribution in [0.2, 0.25) is 0 Å². The first-order chi connectivity index (χ1) is 13.9. The Labute approximate surface area is 170 Å². The second-order valence-electron chi connectivity index (χ2n) is 6.63. The Bertz CT molecular complexity index is 935. The zero-order valence-electron chi connectivity index (χ0n) is 17.0. The van der Waals surface area contributed by atoms with E-state index < -0.39 is 0 Å². The minimum atomic E-state index is -0.218. The Morgan fingerprint density at radius 1 is 1.00 bits per heavy atom. The largest absolute Gasteiger partial charge is 0.493 e. The summed E-state index contributed by atoms with van der Waals surface area (Å²) in [7, 11) is 6.29. The van der Waals surface area contributed by atoms with Crippen molar-refractivity contribution in [3.8, 4) is 17.2 Å². The van der Waals surface area contributed by atoms with Crippen LogP contribution in [0.3, 0.4) is 0 Å². The number of benzene rings is 2. The number of rotatable bonds is 7. The summed E-state index contributed by atoms with van der Waals surface area (Å²) in [6.45, 7) is 4.17. The van der Waals surface area contributed by atoms with Crippen molar-refractivity contribution < 1.29 is 23.8 Å². The van der Waals surface area contributed by atoms with E-state index in [1.807, 2.05) is 18.2 Å². The summed E-state index contributed by atoms with van der Waals surface area (Å²) >= 11 is 0. The van der Waals surface area contributed by atoms with Gasteiger partial charge in [-0.25, -0.2) is 0 Å². The smallest absolute Gasteiger partial charge is 0.259 e. The zero-order valence-corrected chi connectivity index (χ0v) is 17.0. The summed E-state index contributed by atoms with van der Waals surface area (Å²) in [5, 5.41) is 0. The molecule has 0 saturated carbocycles. The molecule has 0 aromatic heterocycles. The predicted molar refractivity (Wildman–Crippen MR) is 109 cm³/mol. The predicted octanol–water partition coefficient (Wildman–Crippen LogP) is 2.80. The van der Waals surface area contributed by atoms with Crippen molar-refractivity contribution in [2.75, 3.05) is 34.9 Å². The fourth-order valence-corrected chi connectivity index (χ4v) is 3.39. The van der Waals surface area contributed by atoms with Crippen molar-refractivity contribution in [2.45, 2.75) is 6.54 Å². The van der Waals surface area contributed by atoms with Crippen LogP contribution < -0.4 is 14.2 Å². The molecule has 0 atom stereocenters. The van der Waals surface area contributed by atoms with E-state index in [0.717, 1.165) is 11.1 Å². The number of fused-ring (bicyclic) bond motifs is 1. The molecule has 7 heteroatoms. The molecule has 1 heterocycles. The lowest BCUT2D eigenvalue weighted by Gasteiger charge is -2.24. The molecule has 152 valence electrons. The van der Waals surface area contributed by atoms with Crippen LogP contribution in [-0.2, 0) is 11.3 Å². The van der Waals surface area contributed by atoms with Crippen molar-refractivity contribution in [3.05, 3.63) is 59.7 Å². The van der Waals surface area contributed by atoms with Gasteiger partial charge in [0.2, 0.25) is 11.7 Å². The van der Waals surface area contributed by atoms with Gasteiger partial charge in [-0.3, -0.25) is 14.5 Å². The summed E-state index contributed by atoms with van der Waals surface area (Å²) in [5.41, 5.74) is 2.62. The van der Waals surface area contributed by atoms with E-state index in [4.69, 9.17) is 14.2 Å². The molecule has 1 aliphatic heterocycles. The van der Waals surface area contributed by atoms with E-state index in [1.165, 1.54) is 24.0 Å². The second kappa shape index (κ2) is 8.26. The number of amides is 2. The van der Waals surface area contributed by atoms with Crippen LogP contribution in [0.15, 0.2) is 43.0 Å². The summed E-state index contributed by atoms with van der Waals surface area (Å²) < 4.78 is 16.2. The lowest BCUT2D eigenvalue weighted by atomic mass is 10.1. The fourth-order valence-electron chi connectivity index (χ4n) is 3.39. The van der Waals surface area contributed by atoms with Crippen LogP contribution in [-0.4, -0.2) is 56.5 Å². The minimum absolute atomic E-state index is 0.0849. The van der Waals surface area contributed by atoms with Gasteiger partial charge in [0.05, 0.1) is 21.3 Å². The number of nitrogens with zero attached hydrogens (tertiary/aromatic N) is 2. The average molecular weight is 396 g/mol. The third-order valence-electron chi connectivity index (χ3n) is 4.95. The van der Waals surface area contributed by atoms with Gasteiger partial charge in [-0.05, 0) is 18.2 Å². The van der Waals surface area contributed by atoms with Crippen molar-refractivity contribution in [1.29, 1.82) is 0 Å². The summed E-state index contributed by atoms with van der Waals surface area (Å²) in [6, 6.07) is 10.8. The van der Waals surface area contributed by atoms with Crippen molar-refractivity contribution in [1.82, 2.24) is 9.80 Å². The third kappa shape index (κ3) is 3.63. The number of hydrogen-bond donors (Lipinski definition) is 0. The van der Waals surface area contributed by atoms with Crippen molar-refractivity contribution in [2.24, 2.45) is 0 Å². The van der Waals surface area contributed by atoms with E-state index >= 15 is 0 Å². The zero-order chi connectivity index (χ0) is 21.1. The lowest BCUT2D eigenvalue weighted by Crippen LogP contribution is -2.37. The Hall–Kier alpha value is -3.48. The summed E-state index contributed by atoms with van der Waals surface area (Å²) in [5.74, 6) is 1.08. The molecule has 2 amide bonds. The van der Waals surface area contributed by atoms with E-state index in [9.17, 15) is 9.59 Å². The Balaban J connectivity index is 1.76. The van der Waals surface area contributed by atoms with Gasteiger partial charge in [0.25, 0.3) is 5.91 Å². The van der Waals surface area contributed by atoms with Gasteiger partial charge < -0.3 is 19.1 Å². The Morgan fingerprint density at radius 3 is 2.24 bits per heavy atom. The topological polar surface area (TPSA) is 68.3 Å². The first-order valence-corrected chi connectivity index (χ1v) is 9.04. The molecule has 0 N–H and O–H groups in total. The number of methoxy groups -OCH3 is 3. The SMILES string of the molecule is C=C1c2ccccc2C(=O)N1CC(=O)N(C)Cc1ccc(OC)c(OC)c1OC. The molecule has 0 fully saturated rings. The second-order valence-corrected chi connectivity index (χ2v) is 6.63. The quantitative estimate of drug-likeness (QED) is 0.720. The first-order valence-electron chi connectivity index (χ1n) is 9.04. The number of hydrogen-bond acceptors (Lipinski definition) is 5. The van der Waals surface area contributed by atoms with E-state index in [0.29, 0.717) is 28.5 Å². The van der Waals surface area contributed by atoms with Crippen LogP contribution >= 0.6 is 0 Å². The van der Waals surface area contributed by atoms with E-state index in [-0.39, 0.29) is 24.9 Å². The van der Waals surface area contributed by atoms with Crippen LogP contribution in [0.25, 0.3) is 5.70 Å². The number of carbonyl (C=O) groups excluding carboxylic acids is 2. The molecular formula is C22H24N2O5. The molecule has 1 aliphatic rings. The highest BCUT2D eigenvalue weighted by Gasteiger charge is 2.32. The molecule has 0 saturated heterocycles. The molecule has 2 aromatic rings. The van der Waals surface area contributed by atoms with E-state index in [2.05, 4.69) is 6.58 Å². The molecule has 3 rings (SSSR count). The van der Waals surface area contributed by atoms with Gasteiger partial charge in [-0.1, -0.05) is 24.8 Å². The minimum Gasteiger partial charge on any atom is -0.493 e. The molecule has 0 aliphatic carbocycles. The van der Waals surface area contributed by atoms with Crippen LogP contribution in [0.5, 0.6) is 17.2 Å². The third-order valence-corrected chi connectivity index (χ3v) is 4.95. The Morgan fingerprint density at radius 2 is 1.66 bits per heavy atom. The van der Waals surface area contributed by atoms with Crippen LogP contribution in [0.4, 0.5) is 0 Å². The van der Waals surface area contributed by atoms with Gasteiger partial charge >= 0.3 is 0 Å². The molecule has 7 nitrogen and oxygen atoms in total. The van der Waals surface area contributed by atoms with Gasteiger partial charge in [0, 0.05) is 36.0 Å². The van der Waals surface area contributed by atoms with Crippen molar-refractivity contribution >= 4 is 17.5 Å². The molecule has 0 spiro atoms. The maximum atomic E-state index is 12.8. The lowest BCUT2D eigenvalue weighted by molar-refractivity contribution is -0.130. The van der Waals surface area contributed by atoms with Gasteiger partial charge in [0.1, 0.15) is 6.54 Å². The van der Waals surface area contributed by atoms with Gasteiger partial charge in [-0.2, -0.15) is 0 Å². The Kier molecular flexibility index (Phi) is 5.77. The molecule has 29 heavy (non-hydrogen) atoms. The monoisotopic (exact) mass is 396 g/mol. The number of carbonyl (C=O) groups is 2. The van der Waals surface area contributed by atoms with Gasteiger partial charge in [-0.15, -0.1) is 0 Å². The maximum Gasteiger partial charge on any atom is 0.259 e. The van der Waals surface area contributed by atoms with Gasteiger partial charge in [0.15, 0.2) is 11.5 Å². The summed E-state index contributed by atoms with van der Waals surface area (Å²) in [4.78, 5) is 28.4. The fraction of sp³-hybridized carbons (Fsp3) is 0.273. The normalized spacial score (nSPS) is 12.6. The molecule has 0 unspecified atom stereocenters. The number of likely N-dealkylation sites (N-methyl/N-ethyl adjacent to an activating group) is 1. The van der Waals surface area contributed by atoms with Crippen LogP contribution in [0, 0.1) is 0 Å². The molecule has 2 aromatic carbocycles. The van der Waals surface area contributed by atoms with E-state index in [1.54, 1.807) is 32.4 Å². The highest BCUT2D eigenvalue weighted by Crippen LogP contribution is 2.40. The molecule has 0 radical (unpaired) electrons. The van der Waals surface area contributed by atoms with Crippen molar-refractivity contribution in [3.63, 3.8) is 0 Å². The standard InChI is InChI=1S/C22H24N2O5/c1-14-16-8-6-7-9-17(16)22(26)24(14)13-19(25)23(2)12-15-10-11-18(27-3)21(29-5)20(15)28-4/h6-11H,1,12-13H2,2-5H3. The average Bonchev–Trinajstić information content (AvgIpc) is 2.98. The first kappa shape index (κ1) is 20.3. The van der Waals surface area contributed by atoms with Crippen LogP contribution in [0.1, 0.15) is 21.5 Å². The maximum absolute atomic E-state index is 12.8. The highest BCUT2D eigenvalue weighted by molar-refractivity contribution is 6.10. The number of ether oxygens (including phenoxy) is 3. The molecular weight excluding hydrogens is 372 g/mol.